The fourth-order valence-corrected chi connectivity index (χ4v) is 2.21. The third-order valence-electron chi connectivity index (χ3n) is 3.71. The van der Waals surface area contributed by atoms with Gasteiger partial charge in [-0.2, -0.15) is 0 Å². The second kappa shape index (κ2) is 8.49. The summed E-state index contributed by atoms with van der Waals surface area (Å²) < 4.78 is 0. The van der Waals surface area contributed by atoms with E-state index in [1.54, 1.807) is 0 Å². The lowest BCUT2D eigenvalue weighted by Gasteiger charge is -2.30. The summed E-state index contributed by atoms with van der Waals surface area (Å²) in [6.07, 6.45) is 2.39. The lowest BCUT2D eigenvalue weighted by Crippen LogP contribution is -2.47. The highest BCUT2D eigenvalue weighted by atomic mass is 16.4. The Kier molecular flexibility index (Phi) is 6.98. The zero-order valence-electron chi connectivity index (χ0n) is 12.7. The Morgan fingerprint density at radius 2 is 2.10 bits per heavy atom. The number of nitrogens with zero attached hydrogens (tertiary/aromatic N) is 1. The molecule has 7 nitrogen and oxygen atoms in total. The molecule has 1 heterocycles. The van der Waals surface area contributed by atoms with Crippen molar-refractivity contribution in [3.8, 4) is 0 Å². The van der Waals surface area contributed by atoms with Gasteiger partial charge in [0.25, 0.3) is 0 Å². The molecule has 7 heteroatoms. The van der Waals surface area contributed by atoms with Crippen molar-refractivity contribution in [3.05, 3.63) is 0 Å². The summed E-state index contributed by atoms with van der Waals surface area (Å²) in [7, 11) is 0. The molecule has 0 saturated carbocycles. The maximum Gasteiger partial charge on any atom is 0.317 e. The topological polar surface area (TPSA) is 98.7 Å². The van der Waals surface area contributed by atoms with Crippen LogP contribution in [0.25, 0.3) is 0 Å². The fraction of sp³-hybridized carbons (Fsp3) is 0.786. The van der Waals surface area contributed by atoms with Gasteiger partial charge in [-0.25, -0.2) is 4.79 Å². The zero-order valence-corrected chi connectivity index (χ0v) is 12.7. The summed E-state index contributed by atoms with van der Waals surface area (Å²) in [6.45, 7) is 4.97. The Labute approximate surface area is 125 Å². The van der Waals surface area contributed by atoms with Crippen LogP contribution < -0.4 is 10.6 Å². The van der Waals surface area contributed by atoms with Crippen molar-refractivity contribution >= 4 is 17.9 Å². The first-order valence-electron chi connectivity index (χ1n) is 7.49. The van der Waals surface area contributed by atoms with E-state index in [0.29, 0.717) is 19.4 Å². The minimum Gasteiger partial charge on any atom is -0.481 e. The van der Waals surface area contributed by atoms with E-state index in [1.165, 1.54) is 4.90 Å². The number of carboxylic acids is 1. The van der Waals surface area contributed by atoms with Crippen LogP contribution in [0.2, 0.25) is 0 Å². The van der Waals surface area contributed by atoms with E-state index >= 15 is 0 Å². The van der Waals surface area contributed by atoms with Gasteiger partial charge in [-0.05, 0) is 26.2 Å². The number of carbonyl (C=O) groups excluding carboxylic acids is 2. The van der Waals surface area contributed by atoms with E-state index < -0.39 is 11.9 Å². The number of piperidine rings is 1. The Morgan fingerprint density at radius 3 is 2.71 bits per heavy atom. The third kappa shape index (κ3) is 6.01. The molecule has 3 amide bonds. The van der Waals surface area contributed by atoms with E-state index in [-0.39, 0.29) is 37.5 Å². The van der Waals surface area contributed by atoms with Crippen LogP contribution in [0.5, 0.6) is 0 Å². The first-order chi connectivity index (χ1) is 9.93. The Balaban J connectivity index is 2.27. The summed E-state index contributed by atoms with van der Waals surface area (Å²) in [5.41, 5.74) is 0. The van der Waals surface area contributed by atoms with Crippen LogP contribution in [-0.2, 0) is 9.59 Å². The van der Waals surface area contributed by atoms with Gasteiger partial charge in [0, 0.05) is 32.1 Å². The largest absolute Gasteiger partial charge is 0.481 e. The first-order valence-corrected chi connectivity index (χ1v) is 7.49. The molecule has 1 rings (SSSR count). The molecule has 3 N–H and O–H groups in total. The summed E-state index contributed by atoms with van der Waals surface area (Å²) in [4.78, 5) is 35.9. The number of hydrogen-bond acceptors (Lipinski definition) is 3. The van der Waals surface area contributed by atoms with Gasteiger partial charge >= 0.3 is 12.0 Å². The van der Waals surface area contributed by atoms with Crippen molar-refractivity contribution < 1.29 is 19.5 Å². The molecular formula is C14H25N3O4. The van der Waals surface area contributed by atoms with Crippen LogP contribution in [0.15, 0.2) is 0 Å². The van der Waals surface area contributed by atoms with Crippen molar-refractivity contribution in [2.75, 3.05) is 19.6 Å². The average molecular weight is 299 g/mol. The van der Waals surface area contributed by atoms with E-state index in [9.17, 15) is 14.4 Å². The molecule has 2 unspecified atom stereocenters. The minimum atomic E-state index is -0.861. The highest BCUT2D eigenvalue weighted by Crippen LogP contribution is 2.16. The molecule has 120 valence electrons. The molecule has 21 heavy (non-hydrogen) atoms. The second-order valence-corrected chi connectivity index (χ2v) is 5.48. The lowest BCUT2D eigenvalue weighted by molar-refractivity contribution is -0.143. The SMILES string of the molecule is CCC(C)NC(=O)CCNC(=O)N1CCCC(C(=O)O)C1. The van der Waals surface area contributed by atoms with E-state index in [0.717, 1.165) is 6.42 Å². The van der Waals surface area contributed by atoms with Crippen molar-refractivity contribution in [2.45, 2.75) is 45.6 Å². The van der Waals surface area contributed by atoms with Gasteiger partial charge in [-0.15, -0.1) is 0 Å². The number of hydrogen-bond donors (Lipinski definition) is 3. The quantitative estimate of drug-likeness (QED) is 0.675. The third-order valence-corrected chi connectivity index (χ3v) is 3.71. The van der Waals surface area contributed by atoms with E-state index in [4.69, 9.17) is 5.11 Å². The van der Waals surface area contributed by atoms with E-state index in [1.807, 2.05) is 13.8 Å². The molecule has 0 aromatic heterocycles. The molecule has 0 aliphatic carbocycles. The van der Waals surface area contributed by atoms with Crippen LogP contribution >= 0.6 is 0 Å². The smallest absolute Gasteiger partial charge is 0.317 e. The molecule has 0 spiro atoms. The Bertz CT molecular complexity index is 386. The first kappa shape index (κ1) is 17.3. The normalized spacial score (nSPS) is 19.7. The molecule has 0 aromatic rings. The molecule has 1 fully saturated rings. The van der Waals surface area contributed by atoms with Gasteiger partial charge in [0.2, 0.25) is 5.91 Å². The van der Waals surface area contributed by atoms with Gasteiger partial charge in [0.1, 0.15) is 0 Å². The summed E-state index contributed by atoms with van der Waals surface area (Å²) >= 11 is 0. The van der Waals surface area contributed by atoms with Gasteiger partial charge in [-0.3, -0.25) is 9.59 Å². The number of nitrogens with one attached hydrogen (secondary N) is 2. The monoisotopic (exact) mass is 299 g/mol. The summed E-state index contributed by atoms with van der Waals surface area (Å²) in [5, 5.41) is 14.5. The number of carboxylic acid groups (broad SMARTS) is 1. The summed E-state index contributed by atoms with van der Waals surface area (Å²) in [5.74, 6) is -1.44. The minimum absolute atomic E-state index is 0.0910. The van der Waals surface area contributed by atoms with Gasteiger partial charge in [0.15, 0.2) is 0 Å². The molecule has 0 bridgehead atoms. The molecule has 1 aliphatic heterocycles. The number of urea groups is 1. The van der Waals surface area contributed by atoms with Gasteiger partial charge in [-0.1, -0.05) is 6.92 Å². The Morgan fingerprint density at radius 1 is 1.38 bits per heavy atom. The van der Waals surface area contributed by atoms with Crippen LogP contribution in [0.4, 0.5) is 4.79 Å². The molecule has 1 saturated heterocycles. The number of amides is 3. The molecule has 0 radical (unpaired) electrons. The highest BCUT2D eigenvalue weighted by molar-refractivity contribution is 5.79. The predicted molar refractivity (Wildman–Crippen MR) is 77.8 cm³/mol. The lowest BCUT2D eigenvalue weighted by atomic mass is 9.99. The van der Waals surface area contributed by atoms with Crippen LogP contribution in [0.1, 0.15) is 39.5 Å². The van der Waals surface area contributed by atoms with Gasteiger partial charge < -0.3 is 20.6 Å². The highest BCUT2D eigenvalue weighted by Gasteiger charge is 2.27. The fourth-order valence-electron chi connectivity index (χ4n) is 2.21. The van der Waals surface area contributed by atoms with Crippen molar-refractivity contribution in [1.82, 2.24) is 15.5 Å². The predicted octanol–water partition coefficient (Wildman–Crippen LogP) is 0.797. The number of aliphatic carboxylic acids is 1. The molecule has 1 aliphatic rings. The standard InChI is InChI=1S/C14H25N3O4/c1-3-10(2)16-12(18)6-7-15-14(21)17-8-4-5-11(9-17)13(19)20/h10-11H,3-9H2,1-2H3,(H,15,21)(H,16,18)(H,19,20). The average Bonchev–Trinajstić information content (AvgIpc) is 2.46. The van der Waals surface area contributed by atoms with Crippen LogP contribution in [-0.4, -0.2) is 53.6 Å². The second-order valence-electron chi connectivity index (χ2n) is 5.48. The summed E-state index contributed by atoms with van der Waals surface area (Å²) in [6, 6.07) is -0.163. The molecule has 2 atom stereocenters. The van der Waals surface area contributed by atoms with Crippen molar-refractivity contribution in [3.63, 3.8) is 0 Å². The van der Waals surface area contributed by atoms with Crippen molar-refractivity contribution in [1.29, 1.82) is 0 Å². The number of carbonyl (C=O) groups is 3. The molecule has 0 aromatic carbocycles. The maximum atomic E-state index is 11.9. The molecular weight excluding hydrogens is 274 g/mol. The van der Waals surface area contributed by atoms with Gasteiger partial charge in [0.05, 0.1) is 5.92 Å². The van der Waals surface area contributed by atoms with Crippen molar-refractivity contribution in [2.24, 2.45) is 5.92 Å². The zero-order chi connectivity index (χ0) is 15.8. The van der Waals surface area contributed by atoms with Crippen LogP contribution in [0.3, 0.4) is 0 Å². The Hall–Kier alpha value is -1.79. The maximum absolute atomic E-state index is 11.9. The van der Waals surface area contributed by atoms with E-state index in [2.05, 4.69) is 10.6 Å². The number of likely N-dealkylation sites (tertiary alicyclic amines) is 1. The number of rotatable bonds is 6. The van der Waals surface area contributed by atoms with Crippen LogP contribution in [0, 0.1) is 5.92 Å².